The van der Waals surface area contributed by atoms with E-state index in [1.54, 1.807) is 11.0 Å². The number of fused-ring (bicyclic) bond motifs is 1. The Morgan fingerprint density at radius 3 is 2.85 bits per heavy atom. The van der Waals surface area contributed by atoms with Crippen LogP contribution in [0.3, 0.4) is 0 Å². The minimum atomic E-state index is 0.0309. The van der Waals surface area contributed by atoms with Crippen LogP contribution in [0.1, 0.15) is 11.3 Å². The van der Waals surface area contributed by atoms with Crippen LogP contribution in [0.5, 0.6) is 0 Å². The average molecular weight is 270 g/mol. The molecule has 102 valence electrons. The molecule has 3 rings (SSSR count). The molecule has 0 fully saturated rings. The first-order valence-corrected chi connectivity index (χ1v) is 6.07. The second-order valence-electron chi connectivity index (χ2n) is 4.50. The minimum Gasteiger partial charge on any atom is -0.409 e. The van der Waals surface area contributed by atoms with Gasteiger partial charge in [0.1, 0.15) is 12.1 Å². The molecule has 0 aliphatic rings. The number of amidine groups is 1. The molecule has 1 aromatic carbocycles. The molecule has 0 amide bonds. The van der Waals surface area contributed by atoms with Gasteiger partial charge in [-0.15, -0.1) is 0 Å². The van der Waals surface area contributed by atoms with Crippen molar-refractivity contribution in [2.75, 3.05) is 0 Å². The van der Waals surface area contributed by atoms with Gasteiger partial charge >= 0.3 is 0 Å². The smallest absolute Gasteiger partial charge is 0.175 e. The van der Waals surface area contributed by atoms with E-state index in [2.05, 4.69) is 15.2 Å². The summed E-state index contributed by atoms with van der Waals surface area (Å²) in [6, 6.07) is 7.75. The van der Waals surface area contributed by atoms with Gasteiger partial charge in [-0.05, 0) is 19.1 Å². The van der Waals surface area contributed by atoms with E-state index in [0.717, 1.165) is 11.0 Å². The van der Waals surface area contributed by atoms with E-state index in [0.29, 0.717) is 17.1 Å². The first-order valence-electron chi connectivity index (χ1n) is 6.07. The number of aromatic nitrogens is 4. The molecule has 0 unspecified atom stereocenters. The zero-order chi connectivity index (χ0) is 14.3. The molecule has 2 aromatic heterocycles. The predicted molar refractivity (Wildman–Crippen MR) is 75.1 cm³/mol. The van der Waals surface area contributed by atoms with Crippen LogP contribution in [-0.2, 0) is 7.05 Å². The van der Waals surface area contributed by atoms with Gasteiger partial charge < -0.3 is 10.9 Å². The van der Waals surface area contributed by atoms with Crippen LogP contribution in [0.15, 0.2) is 35.7 Å². The Balaban J connectivity index is 2.35. The SMILES string of the molecule is Cc1nn(C)c(-n2cnc3ccccc32)c1C(N)=NO. The average Bonchev–Trinajstić information content (AvgIpc) is 2.98. The number of benzene rings is 1. The molecule has 0 aliphatic heterocycles. The van der Waals surface area contributed by atoms with Crippen LogP contribution in [-0.4, -0.2) is 30.4 Å². The summed E-state index contributed by atoms with van der Waals surface area (Å²) in [6.45, 7) is 1.82. The standard InChI is InChI=1S/C13H14N6O/c1-8-11(12(14)17-20)13(18(2)16-8)19-7-15-9-5-3-4-6-10(9)19/h3-7,20H,1-2H3,(H2,14,17). The molecule has 7 heteroatoms. The third-order valence-corrected chi connectivity index (χ3v) is 3.24. The number of rotatable bonds is 2. The molecule has 0 spiro atoms. The highest BCUT2D eigenvalue weighted by atomic mass is 16.4. The van der Waals surface area contributed by atoms with Gasteiger partial charge in [-0.3, -0.25) is 9.25 Å². The third kappa shape index (κ3) is 1.63. The van der Waals surface area contributed by atoms with E-state index >= 15 is 0 Å². The van der Waals surface area contributed by atoms with Crippen LogP contribution in [0.2, 0.25) is 0 Å². The van der Waals surface area contributed by atoms with Gasteiger partial charge in [-0.25, -0.2) is 4.98 Å². The summed E-state index contributed by atoms with van der Waals surface area (Å²) in [5.41, 5.74) is 8.86. The van der Waals surface area contributed by atoms with Crippen molar-refractivity contribution in [3.05, 3.63) is 41.9 Å². The molecule has 0 aliphatic carbocycles. The summed E-state index contributed by atoms with van der Waals surface area (Å²) in [5, 5.41) is 16.4. The Morgan fingerprint density at radius 2 is 2.10 bits per heavy atom. The fraction of sp³-hybridized carbons (Fsp3) is 0.154. The topological polar surface area (TPSA) is 94.2 Å². The highest BCUT2D eigenvalue weighted by Gasteiger charge is 2.20. The first-order chi connectivity index (χ1) is 9.63. The maximum Gasteiger partial charge on any atom is 0.175 e. The Hall–Kier alpha value is -2.83. The summed E-state index contributed by atoms with van der Waals surface area (Å²) < 4.78 is 3.57. The van der Waals surface area contributed by atoms with Crippen molar-refractivity contribution in [1.29, 1.82) is 0 Å². The molecule has 0 saturated heterocycles. The molecule has 3 N–H and O–H groups in total. The molecular weight excluding hydrogens is 256 g/mol. The maximum atomic E-state index is 8.96. The number of para-hydroxylation sites is 2. The zero-order valence-electron chi connectivity index (χ0n) is 11.1. The van der Waals surface area contributed by atoms with Crippen molar-refractivity contribution in [2.24, 2.45) is 17.9 Å². The number of hydrogen-bond donors (Lipinski definition) is 2. The Kier molecular flexibility index (Phi) is 2.67. The largest absolute Gasteiger partial charge is 0.409 e. The lowest BCUT2D eigenvalue weighted by Gasteiger charge is -2.07. The molecule has 0 saturated carbocycles. The number of aryl methyl sites for hydroxylation is 2. The normalized spacial score (nSPS) is 12.2. The van der Waals surface area contributed by atoms with Crippen molar-refractivity contribution < 1.29 is 5.21 Å². The van der Waals surface area contributed by atoms with Gasteiger partial charge in [-0.1, -0.05) is 17.3 Å². The molecule has 0 radical (unpaired) electrons. The molecule has 3 aromatic rings. The van der Waals surface area contributed by atoms with Gasteiger partial charge in [0.25, 0.3) is 0 Å². The van der Waals surface area contributed by atoms with Gasteiger partial charge in [0.05, 0.1) is 22.3 Å². The number of oxime groups is 1. The van der Waals surface area contributed by atoms with Gasteiger partial charge in [-0.2, -0.15) is 5.10 Å². The molecule has 2 heterocycles. The monoisotopic (exact) mass is 270 g/mol. The lowest BCUT2D eigenvalue weighted by molar-refractivity contribution is 0.318. The Morgan fingerprint density at radius 1 is 1.35 bits per heavy atom. The summed E-state index contributed by atoms with van der Waals surface area (Å²) in [7, 11) is 1.81. The Bertz CT molecular complexity index is 813. The highest BCUT2D eigenvalue weighted by molar-refractivity contribution is 6.01. The van der Waals surface area contributed by atoms with E-state index in [9.17, 15) is 0 Å². The maximum absolute atomic E-state index is 8.96. The quantitative estimate of drug-likeness (QED) is 0.316. The van der Waals surface area contributed by atoms with E-state index in [-0.39, 0.29) is 5.84 Å². The fourth-order valence-corrected chi connectivity index (χ4v) is 2.40. The van der Waals surface area contributed by atoms with Crippen molar-refractivity contribution in [1.82, 2.24) is 19.3 Å². The van der Waals surface area contributed by atoms with Gasteiger partial charge in [0.15, 0.2) is 5.84 Å². The van der Waals surface area contributed by atoms with Crippen molar-refractivity contribution in [2.45, 2.75) is 6.92 Å². The lowest BCUT2D eigenvalue weighted by atomic mass is 10.2. The van der Waals surface area contributed by atoms with Crippen LogP contribution in [0.4, 0.5) is 0 Å². The molecular formula is C13H14N6O. The summed E-state index contributed by atoms with van der Waals surface area (Å²) in [5.74, 6) is 0.745. The second-order valence-corrected chi connectivity index (χ2v) is 4.50. The minimum absolute atomic E-state index is 0.0309. The van der Waals surface area contributed by atoms with Crippen LogP contribution in [0.25, 0.3) is 16.9 Å². The number of hydrogen-bond acceptors (Lipinski definition) is 4. The van der Waals surface area contributed by atoms with Gasteiger partial charge in [0, 0.05) is 7.05 Å². The predicted octanol–water partition coefficient (Wildman–Crippen LogP) is 1.16. The van der Waals surface area contributed by atoms with E-state index < -0.39 is 0 Å². The zero-order valence-corrected chi connectivity index (χ0v) is 11.1. The molecule has 0 bridgehead atoms. The number of imidazole rings is 1. The van der Waals surface area contributed by atoms with E-state index in [1.165, 1.54) is 0 Å². The number of nitrogens with two attached hydrogens (primary N) is 1. The molecule has 7 nitrogen and oxygen atoms in total. The highest BCUT2D eigenvalue weighted by Crippen LogP contribution is 2.22. The van der Waals surface area contributed by atoms with Crippen LogP contribution >= 0.6 is 0 Å². The van der Waals surface area contributed by atoms with E-state index in [4.69, 9.17) is 10.9 Å². The summed E-state index contributed by atoms with van der Waals surface area (Å²) in [6.07, 6.45) is 1.70. The van der Waals surface area contributed by atoms with Crippen molar-refractivity contribution >= 4 is 16.9 Å². The molecule has 0 atom stereocenters. The van der Waals surface area contributed by atoms with E-state index in [1.807, 2.05) is 42.8 Å². The lowest BCUT2D eigenvalue weighted by Crippen LogP contribution is -2.17. The Labute approximate surface area is 114 Å². The van der Waals surface area contributed by atoms with Gasteiger partial charge in [0.2, 0.25) is 0 Å². The second kappa shape index (κ2) is 4.37. The first kappa shape index (κ1) is 12.2. The fourth-order valence-electron chi connectivity index (χ4n) is 2.40. The summed E-state index contributed by atoms with van der Waals surface area (Å²) >= 11 is 0. The number of nitrogens with zero attached hydrogens (tertiary/aromatic N) is 5. The van der Waals surface area contributed by atoms with Crippen LogP contribution < -0.4 is 5.73 Å². The third-order valence-electron chi connectivity index (χ3n) is 3.24. The van der Waals surface area contributed by atoms with Crippen LogP contribution in [0, 0.1) is 6.92 Å². The molecule has 20 heavy (non-hydrogen) atoms. The van der Waals surface area contributed by atoms with Crippen molar-refractivity contribution in [3.8, 4) is 5.82 Å². The summed E-state index contributed by atoms with van der Waals surface area (Å²) in [4.78, 5) is 4.35. The van der Waals surface area contributed by atoms with Crippen molar-refractivity contribution in [3.63, 3.8) is 0 Å².